The molecule has 0 spiro atoms. The van der Waals surface area contributed by atoms with Crippen LogP contribution in [0.1, 0.15) is 11.1 Å². The lowest BCUT2D eigenvalue weighted by atomic mass is 10.1. The summed E-state index contributed by atoms with van der Waals surface area (Å²) in [6.45, 7) is 0. The standard InChI is InChI=1S/C14H11NO3/c15-12-4-2-1-3-9(12)5-6-11-13(17)7-10(16)8-14(11)18/h1-4,7-8,16-18H,15H2. The molecule has 4 nitrogen and oxygen atoms in total. The van der Waals surface area contributed by atoms with E-state index in [9.17, 15) is 10.2 Å². The summed E-state index contributed by atoms with van der Waals surface area (Å²) in [5.74, 6) is 4.59. The monoisotopic (exact) mass is 241 g/mol. The summed E-state index contributed by atoms with van der Waals surface area (Å²) in [6.07, 6.45) is 0. The highest BCUT2D eigenvalue weighted by molar-refractivity contribution is 5.62. The van der Waals surface area contributed by atoms with Gasteiger partial charge < -0.3 is 21.1 Å². The maximum atomic E-state index is 9.57. The maximum Gasteiger partial charge on any atom is 0.138 e. The van der Waals surface area contributed by atoms with E-state index in [2.05, 4.69) is 11.8 Å². The molecule has 0 aromatic heterocycles. The molecule has 0 atom stereocenters. The van der Waals surface area contributed by atoms with Gasteiger partial charge >= 0.3 is 0 Å². The largest absolute Gasteiger partial charge is 0.508 e. The first kappa shape index (κ1) is 11.7. The van der Waals surface area contributed by atoms with Gasteiger partial charge in [-0.25, -0.2) is 0 Å². The molecule has 2 aromatic carbocycles. The fourth-order valence-corrected chi connectivity index (χ4v) is 1.47. The minimum atomic E-state index is -0.283. The first-order valence-corrected chi connectivity index (χ1v) is 5.19. The van der Waals surface area contributed by atoms with Crippen molar-refractivity contribution < 1.29 is 15.3 Å². The summed E-state index contributed by atoms with van der Waals surface area (Å²) in [7, 11) is 0. The molecule has 5 N–H and O–H groups in total. The second-order valence-corrected chi connectivity index (χ2v) is 3.70. The molecular formula is C14H11NO3. The van der Waals surface area contributed by atoms with Crippen LogP contribution in [-0.2, 0) is 0 Å². The molecule has 0 aliphatic heterocycles. The minimum absolute atomic E-state index is 0.0519. The van der Waals surface area contributed by atoms with Gasteiger partial charge in [0, 0.05) is 23.4 Å². The zero-order valence-corrected chi connectivity index (χ0v) is 9.38. The van der Waals surface area contributed by atoms with Crippen LogP contribution < -0.4 is 5.73 Å². The van der Waals surface area contributed by atoms with Crippen LogP contribution in [0.25, 0.3) is 0 Å². The van der Waals surface area contributed by atoms with Gasteiger partial charge in [-0.1, -0.05) is 24.0 Å². The van der Waals surface area contributed by atoms with E-state index in [0.717, 1.165) is 12.1 Å². The average Bonchev–Trinajstić information content (AvgIpc) is 2.30. The van der Waals surface area contributed by atoms with Gasteiger partial charge in [-0.3, -0.25) is 0 Å². The predicted octanol–water partition coefficient (Wildman–Crippen LogP) is 1.79. The highest BCUT2D eigenvalue weighted by Gasteiger charge is 2.06. The zero-order valence-electron chi connectivity index (χ0n) is 9.38. The number of nitrogen functional groups attached to an aromatic ring is 1. The fourth-order valence-electron chi connectivity index (χ4n) is 1.47. The third-order valence-electron chi connectivity index (χ3n) is 2.36. The second kappa shape index (κ2) is 4.60. The van der Waals surface area contributed by atoms with Crippen LogP contribution >= 0.6 is 0 Å². The molecule has 0 radical (unpaired) electrons. The number of benzene rings is 2. The van der Waals surface area contributed by atoms with Gasteiger partial charge in [0.15, 0.2) is 0 Å². The molecular weight excluding hydrogens is 230 g/mol. The molecule has 2 rings (SSSR count). The van der Waals surface area contributed by atoms with Crippen molar-refractivity contribution in [2.45, 2.75) is 0 Å². The molecule has 0 saturated heterocycles. The van der Waals surface area contributed by atoms with E-state index in [1.807, 2.05) is 0 Å². The van der Waals surface area contributed by atoms with Gasteiger partial charge in [-0.2, -0.15) is 0 Å². The molecule has 90 valence electrons. The third-order valence-corrected chi connectivity index (χ3v) is 2.36. The van der Waals surface area contributed by atoms with Crippen molar-refractivity contribution in [1.82, 2.24) is 0 Å². The van der Waals surface area contributed by atoms with E-state index in [-0.39, 0.29) is 22.8 Å². The molecule has 4 heteroatoms. The Morgan fingerprint density at radius 2 is 1.50 bits per heavy atom. The van der Waals surface area contributed by atoms with Crippen LogP contribution in [0.2, 0.25) is 0 Å². The van der Waals surface area contributed by atoms with Gasteiger partial charge in [-0.05, 0) is 12.1 Å². The summed E-state index contributed by atoms with van der Waals surface area (Å²) in [5.41, 5.74) is 6.89. The zero-order chi connectivity index (χ0) is 13.1. The maximum absolute atomic E-state index is 9.57. The molecule has 0 aliphatic carbocycles. The van der Waals surface area contributed by atoms with Crippen molar-refractivity contribution >= 4 is 5.69 Å². The number of nitrogens with two attached hydrogens (primary N) is 1. The topological polar surface area (TPSA) is 86.7 Å². The molecule has 0 bridgehead atoms. The minimum Gasteiger partial charge on any atom is -0.508 e. The molecule has 0 aliphatic rings. The highest BCUT2D eigenvalue weighted by atomic mass is 16.3. The summed E-state index contributed by atoms with van der Waals surface area (Å²) < 4.78 is 0. The molecule has 0 amide bonds. The summed E-state index contributed by atoms with van der Waals surface area (Å²) in [4.78, 5) is 0. The SMILES string of the molecule is Nc1ccccc1C#Cc1c(O)cc(O)cc1O. The van der Waals surface area contributed by atoms with Crippen molar-refractivity contribution in [3.05, 3.63) is 47.5 Å². The van der Waals surface area contributed by atoms with E-state index >= 15 is 0 Å². The van der Waals surface area contributed by atoms with E-state index in [1.54, 1.807) is 24.3 Å². The molecule has 0 heterocycles. The lowest BCUT2D eigenvalue weighted by molar-refractivity contribution is 0.426. The molecule has 2 aromatic rings. The molecule has 0 saturated carbocycles. The number of anilines is 1. The Morgan fingerprint density at radius 3 is 2.11 bits per heavy atom. The Balaban J connectivity index is 2.46. The lowest BCUT2D eigenvalue weighted by Gasteiger charge is -2.01. The highest BCUT2D eigenvalue weighted by Crippen LogP contribution is 2.31. The molecule has 0 fully saturated rings. The smallest absolute Gasteiger partial charge is 0.138 e. The quantitative estimate of drug-likeness (QED) is 0.418. The Morgan fingerprint density at radius 1 is 0.889 bits per heavy atom. The van der Waals surface area contributed by atoms with Crippen molar-refractivity contribution in [2.24, 2.45) is 0 Å². The van der Waals surface area contributed by atoms with E-state index < -0.39 is 0 Å². The van der Waals surface area contributed by atoms with Gasteiger partial charge in [0.2, 0.25) is 0 Å². The first-order valence-electron chi connectivity index (χ1n) is 5.19. The van der Waals surface area contributed by atoms with E-state index in [4.69, 9.17) is 10.8 Å². The fraction of sp³-hybridized carbons (Fsp3) is 0. The summed E-state index contributed by atoms with van der Waals surface area (Å²) in [5, 5.41) is 28.3. The Hall–Kier alpha value is -2.80. The van der Waals surface area contributed by atoms with Crippen LogP contribution in [0.5, 0.6) is 17.2 Å². The van der Waals surface area contributed by atoms with Gasteiger partial charge in [0.1, 0.15) is 22.8 Å². The molecule has 18 heavy (non-hydrogen) atoms. The number of hydrogen-bond acceptors (Lipinski definition) is 4. The van der Waals surface area contributed by atoms with Crippen molar-refractivity contribution in [3.63, 3.8) is 0 Å². The number of para-hydroxylation sites is 1. The van der Waals surface area contributed by atoms with Gasteiger partial charge in [-0.15, -0.1) is 0 Å². The number of hydrogen-bond donors (Lipinski definition) is 4. The lowest BCUT2D eigenvalue weighted by Crippen LogP contribution is -1.88. The van der Waals surface area contributed by atoms with Crippen LogP contribution in [0.15, 0.2) is 36.4 Å². The second-order valence-electron chi connectivity index (χ2n) is 3.70. The number of rotatable bonds is 0. The normalized spacial score (nSPS) is 9.56. The number of phenolic OH excluding ortho intramolecular Hbond substituents is 3. The number of aromatic hydroxyl groups is 3. The summed E-state index contributed by atoms with van der Waals surface area (Å²) >= 11 is 0. The van der Waals surface area contributed by atoms with Crippen LogP contribution in [0, 0.1) is 11.8 Å². The third kappa shape index (κ3) is 2.30. The van der Waals surface area contributed by atoms with Crippen molar-refractivity contribution in [1.29, 1.82) is 0 Å². The van der Waals surface area contributed by atoms with Crippen molar-refractivity contribution in [3.8, 4) is 29.1 Å². The molecule has 0 unspecified atom stereocenters. The summed E-state index contributed by atoms with van der Waals surface area (Å²) in [6, 6.07) is 9.24. The van der Waals surface area contributed by atoms with Crippen LogP contribution in [-0.4, -0.2) is 15.3 Å². The predicted molar refractivity (Wildman–Crippen MR) is 68.3 cm³/mol. The van der Waals surface area contributed by atoms with E-state index in [0.29, 0.717) is 11.3 Å². The Labute approximate surface area is 104 Å². The van der Waals surface area contributed by atoms with Crippen LogP contribution in [0.4, 0.5) is 5.69 Å². The van der Waals surface area contributed by atoms with Crippen molar-refractivity contribution in [2.75, 3.05) is 5.73 Å². The Bertz CT molecular complexity index is 631. The Kier molecular flexibility index (Phi) is 2.98. The first-order chi connectivity index (χ1) is 8.58. The average molecular weight is 241 g/mol. The van der Waals surface area contributed by atoms with Crippen LogP contribution in [0.3, 0.4) is 0 Å². The van der Waals surface area contributed by atoms with Gasteiger partial charge in [0.05, 0.1) is 0 Å². The van der Waals surface area contributed by atoms with E-state index in [1.165, 1.54) is 0 Å². The van der Waals surface area contributed by atoms with Gasteiger partial charge in [0.25, 0.3) is 0 Å². The number of phenols is 3.